The van der Waals surface area contributed by atoms with Crippen molar-refractivity contribution in [2.24, 2.45) is 0 Å². The van der Waals surface area contributed by atoms with E-state index in [-0.39, 0.29) is 12.1 Å². The van der Waals surface area contributed by atoms with Crippen molar-refractivity contribution in [2.75, 3.05) is 7.11 Å². The Morgan fingerprint density at radius 1 is 1.36 bits per heavy atom. The Morgan fingerprint density at radius 3 is 2.95 bits per heavy atom. The summed E-state index contributed by atoms with van der Waals surface area (Å²) >= 11 is 0. The zero-order valence-electron chi connectivity index (χ0n) is 13.0. The number of benzene rings is 1. The van der Waals surface area contributed by atoms with Crippen molar-refractivity contribution in [2.45, 2.75) is 32.5 Å². The third-order valence-electron chi connectivity index (χ3n) is 3.64. The number of nitrogens with one attached hydrogen (secondary N) is 1. The van der Waals surface area contributed by atoms with Gasteiger partial charge in [-0.15, -0.1) is 0 Å². The van der Waals surface area contributed by atoms with Crippen LogP contribution in [0, 0.1) is 0 Å². The van der Waals surface area contributed by atoms with Gasteiger partial charge in [-0.25, -0.2) is 4.98 Å². The fraction of sp³-hybridized carbons (Fsp3) is 0.375. The van der Waals surface area contributed by atoms with Crippen molar-refractivity contribution in [3.05, 3.63) is 42.7 Å². The predicted octanol–water partition coefficient (Wildman–Crippen LogP) is 2.77. The molecule has 0 amide bonds. The summed E-state index contributed by atoms with van der Waals surface area (Å²) in [6, 6.07) is 8.28. The third-order valence-corrected chi connectivity index (χ3v) is 3.64. The Kier molecular flexibility index (Phi) is 4.11. The molecule has 116 valence electrons. The van der Waals surface area contributed by atoms with Crippen molar-refractivity contribution in [1.29, 1.82) is 0 Å². The van der Waals surface area contributed by atoms with Crippen molar-refractivity contribution in [3.63, 3.8) is 0 Å². The van der Waals surface area contributed by atoms with Crippen LogP contribution in [0.5, 0.6) is 5.75 Å². The molecule has 1 N–H and O–H groups in total. The maximum Gasteiger partial charge on any atom is 0.176 e. The maximum absolute atomic E-state index is 5.97. The van der Waals surface area contributed by atoms with Gasteiger partial charge in [-0.2, -0.15) is 5.10 Å². The van der Waals surface area contributed by atoms with E-state index in [4.69, 9.17) is 9.15 Å². The minimum absolute atomic E-state index is 0.0932. The summed E-state index contributed by atoms with van der Waals surface area (Å²) in [5.41, 5.74) is 0.789. The first-order valence-corrected chi connectivity index (χ1v) is 7.32. The van der Waals surface area contributed by atoms with Gasteiger partial charge in [0.2, 0.25) is 0 Å². The molecule has 2 aromatic heterocycles. The van der Waals surface area contributed by atoms with Crippen LogP contribution in [0.1, 0.15) is 25.6 Å². The lowest BCUT2D eigenvalue weighted by Crippen LogP contribution is -2.32. The molecule has 0 saturated carbocycles. The van der Waals surface area contributed by atoms with Gasteiger partial charge in [0, 0.05) is 11.4 Å². The molecular formula is C16H20N4O2. The molecule has 2 atom stereocenters. The number of methoxy groups -OCH3 is 1. The van der Waals surface area contributed by atoms with Crippen molar-refractivity contribution in [3.8, 4) is 5.75 Å². The number of fused-ring (bicyclic) bond motifs is 1. The monoisotopic (exact) mass is 300 g/mol. The Bertz CT molecular complexity index is 736. The van der Waals surface area contributed by atoms with Gasteiger partial charge in [-0.1, -0.05) is 12.1 Å². The number of furan rings is 1. The van der Waals surface area contributed by atoms with Crippen molar-refractivity contribution >= 4 is 11.0 Å². The van der Waals surface area contributed by atoms with Crippen LogP contribution in [0.2, 0.25) is 0 Å². The van der Waals surface area contributed by atoms with E-state index in [9.17, 15) is 0 Å². The van der Waals surface area contributed by atoms with Crippen molar-refractivity contribution < 1.29 is 9.15 Å². The first kappa shape index (κ1) is 14.6. The Labute approximate surface area is 129 Å². The summed E-state index contributed by atoms with van der Waals surface area (Å²) in [6.45, 7) is 4.96. The zero-order valence-corrected chi connectivity index (χ0v) is 13.0. The molecule has 0 bridgehead atoms. The van der Waals surface area contributed by atoms with E-state index in [1.807, 2.05) is 22.9 Å². The first-order valence-electron chi connectivity index (χ1n) is 7.32. The molecule has 22 heavy (non-hydrogen) atoms. The maximum atomic E-state index is 5.97. The summed E-state index contributed by atoms with van der Waals surface area (Å²) < 4.78 is 13.1. The summed E-state index contributed by atoms with van der Waals surface area (Å²) in [5, 5.41) is 8.68. The number of nitrogens with zero attached hydrogens (tertiary/aromatic N) is 3. The molecule has 6 nitrogen and oxygen atoms in total. The number of rotatable bonds is 6. The molecule has 3 aromatic rings. The SMILES string of the molecule is COc1cccc2cc([C@@H](C)N[C@@H](C)Cn3cncn3)oc12. The molecule has 0 fully saturated rings. The minimum atomic E-state index is 0.0932. The van der Waals surface area contributed by atoms with E-state index in [0.29, 0.717) is 0 Å². The van der Waals surface area contributed by atoms with E-state index in [1.165, 1.54) is 0 Å². The Hall–Kier alpha value is -2.34. The average Bonchev–Trinajstić information content (AvgIpc) is 3.15. The minimum Gasteiger partial charge on any atom is -0.493 e. The molecule has 2 heterocycles. The van der Waals surface area contributed by atoms with Gasteiger partial charge in [0.15, 0.2) is 11.3 Å². The summed E-state index contributed by atoms with van der Waals surface area (Å²) in [4.78, 5) is 3.95. The normalized spacial score (nSPS) is 14.1. The van der Waals surface area contributed by atoms with Gasteiger partial charge < -0.3 is 14.5 Å². The van der Waals surface area contributed by atoms with E-state index in [0.717, 1.165) is 29.0 Å². The van der Waals surface area contributed by atoms with Gasteiger partial charge in [-0.05, 0) is 26.0 Å². The van der Waals surface area contributed by atoms with Gasteiger partial charge >= 0.3 is 0 Å². The third kappa shape index (κ3) is 2.96. The molecule has 0 unspecified atom stereocenters. The highest BCUT2D eigenvalue weighted by molar-refractivity contribution is 5.83. The molecule has 3 rings (SSSR count). The number of ether oxygens (including phenoxy) is 1. The summed E-state index contributed by atoms with van der Waals surface area (Å²) in [5.74, 6) is 1.65. The smallest absolute Gasteiger partial charge is 0.176 e. The molecular weight excluding hydrogens is 280 g/mol. The highest BCUT2D eigenvalue weighted by atomic mass is 16.5. The van der Waals surface area contributed by atoms with Crippen LogP contribution in [0.25, 0.3) is 11.0 Å². The molecule has 0 aliphatic rings. The predicted molar refractivity (Wildman–Crippen MR) is 83.8 cm³/mol. The highest BCUT2D eigenvalue weighted by Gasteiger charge is 2.16. The van der Waals surface area contributed by atoms with E-state index in [1.54, 1.807) is 19.8 Å². The highest BCUT2D eigenvalue weighted by Crippen LogP contribution is 2.30. The Balaban J connectivity index is 1.73. The average molecular weight is 300 g/mol. The second-order valence-electron chi connectivity index (χ2n) is 5.43. The zero-order chi connectivity index (χ0) is 15.5. The van der Waals surface area contributed by atoms with Gasteiger partial charge in [0.05, 0.1) is 19.7 Å². The summed E-state index contributed by atoms with van der Waals surface area (Å²) in [7, 11) is 1.65. The number of aromatic nitrogens is 3. The standard InChI is InChI=1S/C16H20N4O2/c1-11(8-20-10-17-9-18-20)19-12(2)15-7-13-5-4-6-14(21-3)16(13)22-15/h4-7,9-12,19H,8H2,1-3H3/t11-,12+/m0/s1. The molecule has 0 aliphatic carbocycles. The van der Waals surface area contributed by atoms with Crippen LogP contribution in [-0.2, 0) is 6.54 Å². The van der Waals surface area contributed by atoms with Crippen LogP contribution < -0.4 is 10.1 Å². The Morgan fingerprint density at radius 2 is 2.23 bits per heavy atom. The molecule has 0 saturated heterocycles. The van der Waals surface area contributed by atoms with Gasteiger partial charge in [-0.3, -0.25) is 4.68 Å². The van der Waals surface area contributed by atoms with Crippen molar-refractivity contribution in [1.82, 2.24) is 20.1 Å². The van der Waals surface area contributed by atoms with Gasteiger partial charge in [0.25, 0.3) is 0 Å². The second kappa shape index (κ2) is 6.19. The fourth-order valence-corrected chi connectivity index (χ4v) is 2.60. The van der Waals surface area contributed by atoms with Crippen LogP contribution >= 0.6 is 0 Å². The van der Waals surface area contributed by atoms with Crippen LogP contribution in [0.3, 0.4) is 0 Å². The second-order valence-corrected chi connectivity index (χ2v) is 5.43. The molecule has 6 heteroatoms. The van der Waals surface area contributed by atoms with E-state index < -0.39 is 0 Å². The van der Waals surface area contributed by atoms with Crippen LogP contribution in [0.4, 0.5) is 0 Å². The lowest BCUT2D eigenvalue weighted by atomic mass is 10.2. The van der Waals surface area contributed by atoms with Crippen LogP contribution in [-0.4, -0.2) is 27.9 Å². The molecule has 1 aromatic carbocycles. The van der Waals surface area contributed by atoms with Crippen LogP contribution in [0.15, 0.2) is 41.3 Å². The largest absolute Gasteiger partial charge is 0.493 e. The van der Waals surface area contributed by atoms with Gasteiger partial charge in [0.1, 0.15) is 18.4 Å². The van der Waals surface area contributed by atoms with E-state index >= 15 is 0 Å². The number of para-hydroxylation sites is 1. The quantitative estimate of drug-likeness (QED) is 0.758. The fourth-order valence-electron chi connectivity index (χ4n) is 2.60. The molecule has 0 aliphatic heterocycles. The topological polar surface area (TPSA) is 65.1 Å². The summed E-state index contributed by atoms with van der Waals surface area (Å²) in [6.07, 6.45) is 3.26. The first-order chi connectivity index (χ1) is 10.7. The lowest BCUT2D eigenvalue weighted by Gasteiger charge is -2.18. The molecule has 0 spiro atoms. The number of hydrogen-bond acceptors (Lipinski definition) is 5. The molecule has 0 radical (unpaired) electrons. The van der Waals surface area contributed by atoms with E-state index in [2.05, 4.69) is 35.3 Å². The number of hydrogen-bond donors (Lipinski definition) is 1. The lowest BCUT2D eigenvalue weighted by molar-refractivity contribution is 0.369.